The maximum Gasteiger partial charge on any atom is 0.255 e. The first-order chi connectivity index (χ1) is 12.2. The Bertz CT molecular complexity index is 751. The molecule has 0 saturated carbocycles. The molecule has 2 aromatic carbocycles. The van der Waals surface area contributed by atoms with E-state index in [1.165, 1.54) is 0 Å². The number of benzene rings is 2. The third-order valence-corrected chi connectivity index (χ3v) is 4.18. The summed E-state index contributed by atoms with van der Waals surface area (Å²) in [6.45, 7) is 2.14. The number of hydrogen-bond donors (Lipinski definition) is 1. The van der Waals surface area contributed by atoms with Crippen LogP contribution in [0, 0.1) is 0 Å². The molecule has 1 heterocycles. The molecule has 25 heavy (non-hydrogen) atoms. The molecule has 0 aromatic heterocycles. The summed E-state index contributed by atoms with van der Waals surface area (Å²) in [6.07, 6.45) is 0.807. The zero-order valence-corrected chi connectivity index (χ0v) is 13.7. The summed E-state index contributed by atoms with van der Waals surface area (Å²) in [4.78, 5) is 38.8. The molecule has 1 fully saturated rings. The van der Waals surface area contributed by atoms with Crippen molar-refractivity contribution in [1.82, 2.24) is 9.80 Å². The Kier molecular flexibility index (Phi) is 5.09. The molecule has 6 heteroatoms. The number of rotatable bonds is 4. The number of carbonyl (C=O) groups is 3. The van der Waals surface area contributed by atoms with Crippen molar-refractivity contribution in [2.45, 2.75) is 0 Å². The topological polar surface area (TPSA) is 69.7 Å². The van der Waals surface area contributed by atoms with Crippen LogP contribution in [-0.2, 0) is 4.79 Å². The van der Waals surface area contributed by atoms with Gasteiger partial charge in [-0.05, 0) is 36.4 Å². The van der Waals surface area contributed by atoms with Gasteiger partial charge in [0.2, 0.25) is 6.41 Å². The molecule has 128 valence electrons. The van der Waals surface area contributed by atoms with E-state index in [-0.39, 0.29) is 11.8 Å². The minimum absolute atomic E-state index is 0.0828. The molecule has 0 spiro atoms. The van der Waals surface area contributed by atoms with Gasteiger partial charge in [-0.15, -0.1) is 0 Å². The van der Waals surface area contributed by atoms with Gasteiger partial charge < -0.3 is 15.1 Å². The summed E-state index contributed by atoms with van der Waals surface area (Å²) in [5, 5.41) is 2.81. The number of hydrogen-bond acceptors (Lipinski definition) is 3. The molecule has 1 aliphatic rings. The molecule has 2 aromatic rings. The van der Waals surface area contributed by atoms with Crippen molar-refractivity contribution >= 4 is 23.9 Å². The smallest absolute Gasteiger partial charge is 0.255 e. The van der Waals surface area contributed by atoms with Gasteiger partial charge >= 0.3 is 0 Å². The highest BCUT2D eigenvalue weighted by molar-refractivity contribution is 6.05. The molecule has 0 aliphatic carbocycles. The molecule has 3 amide bonds. The molecule has 0 unspecified atom stereocenters. The lowest BCUT2D eigenvalue weighted by atomic mass is 10.1. The van der Waals surface area contributed by atoms with Crippen LogP contribution in [0.2, 0.25) is 0 Å². The third kappa shape index (κ3) is 4.03. The summed E-state index contributed by atoms with van der Waals surface area (Å²) in [5.74, 6) is -0.301. The number of nitrogens with one attached hydrogen (secondary N) is 1. The molecule has 0 bridgehead atoms. The summed E-state index contributed by atoms with van der Waals surface area (Å²) >= 11 is 0. The Morgan fingerprint density at radius 1 is 0.840 bits per heavy atom. The lowest BCUT2D eigenvalue weighted by Crippen LogP contribution is -2.48. The zero-order valence-electron chi connectivity index (χ0n) is 13.7. The summed E-state index contributed by atoms with van der Waals surface area (Å²) in [6, 6.07) is 15.8. The van der Waals surface area contributed by atoms with E-state index in [1.807, 2.05) is 30.3 Å². The van der Waals surface area contributed by atoms with Crippen LogP contribution in [0.25, 0.3) is 0 Å². The van der Waals surface area contributed by atoms with E-state index in [0.717, 1.165) is 12.1 Å². The normalized spacial score (nSPS) is 14.1. The van der Waals surface area contributed by atoms with Crippen LogP contribution in [0.5, 0.6) is 0 Å². The SMILES string of the molecule is O=CN1CCN(C(=O)c2ccc(C(=O)Nc3ccccc3)cc2)CC1. The first kappa shape index (κ1) is 16.7. The Hall–Kier alpha value is -3.15. The lowest BCUT2D eigenvalue weighted by Gasteiger charge is -2.32. The number of para-hydroxylation sites is 1. The summed E-state index contributed by atoms with van der Waals surface area (Å²) < 4.78 is 0. The van der Waals surface area contributed by atoms with Crippen LogP contribution in [-0.4, -0.2) is 54.2 Å². The number of piperazine rings is 1. The average Bonchev–Trinajstić information content (AvgIpc) is 2.68. The Morgan fingerprint density at radius 3 is 2.04 bits per heavy atom. The van der Waals surface area contributed by atoms with Crippen molar-refractivity contribution in [3.63, 3.8) is 0 Å². The molecular formula is C19H19N3O3. The van der Waals surface area contributed by atoms with E-state index in [9.17, 15) is 14.4 Å². The quantitative estimate of drug-likeness (QED) is 0.866. The second-order valence-electron chi connectivity index (χ2n) is 5.83. The highest BCUT2D eigenvalue weighted by Crippen LogP contribution is 2.12. The van der Waals surface area contributed by atoms with Crippen LogP contribution in [0.1, 0.15) is 20.7 Å². The fourth-order valence-electron chi connectivity index (χ4n) is 2.70. The van der Waals surface area contributed by atoms with Gasteiger partial charge in [-0.3, -0.25) is 14.4 Å². The van der Waals surface area contributed by atoms with Crippen LogP contribution in [0.3, 0.4) is 0 Å². The van der Waals surface area contributed by atoms with Gasteiger partial charge in [0.1, 0.15) is 0 Å². The second-order valence-corrected chi connectivity index (χ2v) is 5.83. The fraction of sp³-hybridized carbons (Fsp3) is 0.211. The van der Waals surface area contributed by atoms with Gasteiger partial charge in [0.25, 0.3) is 11.8 Å². The maximum atomic E-state index is 12.5. The largest absolute Gasteiger partial charge is 0.342 e. The van der Waals surface area contributed by atoms with Crippen molar-refractivity contribution in [1.29, 1.82) is 0 Å². The minimum Gasteiger partial charge on any atom is -0.342 e. The van der Waals surface area contributed by atoms with E-state index >= 15 is 0 Å². The molecule has 3 rings (SSSR count). The highest BCUT2D eigenvalue weighted by Gasteiger charge is 2.21. The number of carbonyl (C=O) groups excluding carboxylic acids is 3. The number of amides is 3. The summed E-state index contributed by atoms with van der Waals surface area (Å²) in [7, 11) is 0. The van der Waals surface area contributed by atoms with Gasteiger partial charge in [0.05, 0.1) is 0 Å². The van der Waals surface area contributed by atoms with Gasteiger partial charge in [-0.25, -0.2) is 0 Å². The van der Waals surface area contributed by atoms with Crippen LogP contribution in [0.15, 0.2) is 54.6 Å². The van der Waals surface area contributed by atoms with E-state index in [1.54, 1.807) is 34.1 Å². The second kappa shape index (κ2) is 7.61. The van der Waals surface area contributed by atoms with Crippen molar-refractivity contribution in [2.75, 3.05) is 31.5 Å². The van der Waals surface area contributed by atoms with E-state index < -0.39 is 0 Å². The van der Waals surface area contributed by atoms with Gasteiger partial charge in [-0.1, -0.05) is 18.2 Å². The maximum absolute atomic E-state index is 12.5. The first-order valence-electron chi connectivity index (χ1n) is 8.12. The van der Waals surface area contributed by atoms with Crippen LogP contribution >= 0.6 is 0 Å². The third-order valence-electron chi connectivity index (χ3n) is 4.18. The van der Waals surface area contributed by atoms with Gasteiger partial charge in [-0.2, -0.15) is 0 Å². The standard InChI is InChI=1S/C19H19N3O3/c23-14-21-10-12-22(13-11-21)19(25)16-8-6-15(7-9-16)18(24)20-17-4-2-1-3-5-17/h1-9,14H,10-13H2,(H,20,24). The summed E-state index contributed by atoms with van der Waals surface area (Å²) in [5.41, 5.74) is 1.75. The van der Waals surface area contributed by atoms with Crippen molar-refractivity contribution in [3.05, 3.63) is 65.7 Å². The van der Waals surface area contributed by atoms with Crippen molar-refractivity contribution in [3.8, 4) is 0 Å². The van der Waals surface area contributed by atoms with Crippen molar-refractivity contribution in [2.24, 2.45) is 0 Å². The molecule has 0 radical (unpaired) electrons. The van der Waals surface area contributed by atoms with E-state index in [0.29, 0.717) is 37.3 Å². The van der Waals surface area contributed by atoms with E-state index in [4.69, 9.17) is 0 Å². The molecule has 1 N–H and O–H groups in total. The Labute approximate surface area is 146 Å². The molecule has 1 aliphatic heterocycles. The Morgan fingerprint density at radius 2 is 1.44 bits per heavy atom. The fourth-order valence-corrected chi connectivity index (χ4v) is 2.70. The predicted molar refractivity (Wildman–Crippen MR) is 94.4 cm³/mol. The lowest BCUT2D eigenvalue weighted by molar-refractivity contribution is -0.119. The number of nitrogens with zero attached hydrogens (tertiary/aromatic N) is 2. The Balaban J connectivity index is 1.63. The van der Waals surface area contributed by atoms with Gasteiger partial charge in [0, 0.05) is 43.0 Å². The van der Waals surface area contributed by atoms with Crippen molar-refractivity contribution < 1.29 is 14.4 Å². The average molecular weight is 337 g/mol. The molecule has 6 nitrogen and oxygen atoms in total. The minimum atomic E-state index is -0.218. The number of anilines is 1. The zero-order chi connectivity index (χ0) is 17.6. The van der Waals surface area contributed by atoms with Crippen LogP contribution in [0.4, 0.5) is 5.69 Å². The van der Waals surface area contributed by atoms with Crippen LogP contribution < -0.4 is 5.32 Å². The molecular weight excluding hydrogens is 318 g/mol. The first-order valence-corrected chi connectivity index (χ1v) is 8.12. The highest BCUT2D eigenvalue weighted by atomic mass is 16.2. The van der Waals surface area contributed by atoms with Gasteiger partial charge in [0.15, 0.2) is 0 Å². The predicted octanol–water partition coefficient (Wildman–Crippen LogP) is 1.85. The van der Waals surface area contributed by atoms with E-state index in [2.05, 4.69) is 5.32 Å². The molecule has 1 saturated heterocycles. The molecule has 0 atom stereocenters. The monoisotopic (exact) mass is 337 g/mol.